The predicted octanol–water partition coefficient (Wildman–Crippen LogP) is 3.78. The SMILES string of the molecule is NN1C2(CCC2)CC2=C/C=C\C=C/C=C\2C23CCC1(C2)C3. The van der Waals surface area contributed by atoms with Crippen LogP contribution in [-0.2, 0) is 0 Å². The highest BCUT2D eigenvalue weighted by molar-refractivity contribution is 5.50. The number of nitrogens with two attached hydrogens (primary N) is 1. The third-order valence-electron chi connectivity index (χ3n) is 7.04. The third-order valence-corrected chi connectivity index (χ3v) is 7.04. The summed E-state index contributed by atoms with van der Waals surface area (Å²) < 4.78 is 0. The van der Waals surface area contributed by atoms with Gasteiger partial charge in [-0.05, 0) is 67.9 Å². The molecule has 7 rings (SSSR count). The number of fused-ring (bicyclic) bond motifs is 1. The molecule has 0 amide bonds. The van der Waals surface area contributed by atoms with Crippen molar-refractivity contribution in [1.82, 2.24) is 5.01 Å². The van der Waals surface area contributed by atoms with Gasteiger partial charge in [-0.3, -0.25) is 5.84 Å². The standard InChI is InChI=1S/C19H24N2/c20-21-18(8-5-9-18)12-15-6-3-1-2-4-7-16(15)17-10-11-19(21,13-17)14-17/h1-4,6-7H,5,8-14,20H2/b2-1?,3-1-,4-2-,6-3?,7-4?,15-6-,16-7+,16-15?. The molecule has 5 aliphatic carbocycles. The molecule has 110 valence electrons. The van der Waals surface area contributed by atoms with E-state index in [1.807, 2.05) is 0 Å². The van der Waals surface area contributed by atoms with Gasteiger partial charge in [0.15, 0.2) is 0 Å². The smallest absolute Gasteiger partial charge is 0.0398 e. The lowest BCUT2D eigenvalue weighted by molar-refractivity contribution is -0.119. The fourth-order valence-corrected chi connectivity index (χ4v) is 5.91. The van der Waals surface area contributed by atoms with Crippen molar-refractivity contribution in [2.24, 2.45) is 11.3 Å². The van der Waals surface area contributed by atoms with Gasteiger partial charge in [-0.15, -0.1) is 0 Å². The summed E-state index contributed by atoms with van der Waals surface area (Å²) in [6.07, 6.45) is 23.8. The highest BCUT2D eigenvalue weighted by Gasteiger charge is 2.68. The zero-order valence-electron chi connectivity index (χ0n) is 12.6. The van der Waals surface area contributed by atoms with Crippen LogP contribution in [0.1, 0.15) is 51.4 Å². The van der Waals surface area contributed by atoms with Crippen molar-refractivity contribution in [2.75, 3.05) is 0 Å². The van der Waals surface area contributed by atoms with E-state index in [1.54, 1.807) is 11.1 Å². The van der Waals surface area contributed by atoms with E-state index in [9.17, 15) is 0 Å². The fourth-order valence-electron chi connectivity index (χ4n) is 5.91. The van der Waals surface area contributed by atoms with Gasteiger partial charge in [0.1, 0.15) is 0 Å². The Hall–Kier alpha value is -1.12. The molecule has 2 bridgehead atoms. The molecule has 2 heterocycles. The molecule has 4 saturated carbocycles. The number of hydrogen-bond donors (Lipinski definition) is 1. The second kappa shape index (κ2) is 3.80. The van der Waals surface area contributed by atoms with Gasteiger partial charge in [0, 0.05) is 11.1 Å². The van der Waals surface area contributed by atoms with Gasteiger partial charge in [-0.2, -0.15) is 0 Å². The molecule has 2 nitrogen and oxygen atoms in total. The molecular formula is C19H24N2. The van der Waals surface area contributed by atoms with E-state index in [1.165, 1.54) is 44.9 Å². The average Bonchev–Trinajstić information content (AvgIpc) is 2.91. The minimum Gasteiger partial charge on any atom is -0.268 e. The Morgan fingerprint density at radius 1 is 0.857 bits per heavy atom. The van der Waals surface area contributed by atoms with Gasteiger partial charge in [0.25, 0.3) is 0 Å². The summed E-state index contributed by atoms with van der Waals surface area (Å²) in [4.78, 5) is 0. The van der Waals surface area contributed by atoms with E-state index in [0.29, 0.717) is 11.0 Å². The van der Waals surface area contributed by atoms with Crippen LogP contribution in [0.25, 0.3) is 0 Å². The zero-order chi connectivity index (χ0) is 14.1. The van der Waals surface area contributed by atoms with Gasteiger partial charge in [-0.25, -0.2) is 5.01 Å². The Bertz CT molecular complexity index is 609. The first kappa shape index (κ1) is 12.4. The van der Waals surface area contributed by atoms with Crippen molar-refractivity contribution in [3.8, 4) is 0 Å². The van der Waals surface area contributed by atoms with Gasteiger partial charge in [-0.1, -0.05) is 36.5 Å². The first-order valence-corrected chi connectivity index (χ1v) is 8.48. The van der Waals surface area contributed by atoms with E-state index in [4.69, 9.17) is 5.84 Å². The minimum absolute atomic E-state index is 0.249. The van der Waals surface area contributed by atoms with Gasteiger partial charge in [0.05, 0.1) is 0 Å². The maximum absolute atomic E-state index is 6.74. The minimum atomic E-state index is 0.249. The molecule has 7 aliphatic rings. The molecule has 1 spiro atoms. The zero-order valence-corrected chi connectivity index (χ0v) is 12.6. The topological polar surface area (TPSA) is 29.3 Å². The molecule has 0 aromatic carbocycles. The molecule has 2 saturated heterocycles. The highest BCUT2D eigenvalue weighted by Crippen LogP contribution is 2.71. The first-order chi connectivity index (χ1) is 10.2. The number of hydrazine groups is 1. The summed E-state index contributed by atoms with van der Waals surface area (Å²) in [5, 5.41) is 2.35. The number of nitrogens with zero attached hydrogens (tertiary/aromatic N) is 1. The molecule has 0 radical (unpaired) electrons. The molecular weight excluding hydrogens is 256 g/mol. The molecule has 0 aromatic heterocycles. The molecule has 0 aromatic rings. The monoisotopic (exact) mass is 280 g/mol. The lowest BCUT2D eigenvalue weighted by atomic mass is 9.54. The second-order valence-corrected chi connectivity index (χ2v) is 8.02. The van der Waals surface area contributed by atoms with E-state index in [-0.39, 0.29) is 5.54 Å². The van der Waals surface area contributed by atoms with Crippen molar-refractivity contribution < 1.29 is 0 Å². The van der Waals surface area contributed by atoms with Crippen molar-refractivity contribution in [1.29, 1.82) is 0 Å². The summed E-state index contributed by atoms with van der Waals surface area (Å²) in [6, 6.07) is 0. The maximum atomic E-state index is 6.74. The van der Waals surface area contributed by atoms with Gasteiger partial charge < -0.3 is 0 Å². The molecule has 2 aliphatic heterocycles. The summed E-state index contributed by atoms with van der Waals surface area (Å²) in [6.45, 7) is 0. The molecule has 0 unspecified atom stereocenters. The average molecular weight is 280 g/mol. The van der Waals surface area contributed by atoms with Crippen molar-refractivity contribution in [2.45, 2.75) is 62.4 Å². The van der Waals surface area contributed by atoms with Crippen LogP contribution in [0.4, 0.5) is 0 Å². The summed E-state index contributed by atoms with van der Waals surface area (Å²) in [7, 11) is 0. The van der Waals surface area contributed by atoms with Gasteiger partial charge >= 0.3 is 0 Å². The van der Waals surface area contributed by atoms with Crippen LogP contribution in [0, 0.1) is 5.41 Å². The predicted molar refractivity (Wildman–Crippen MR) is 85.3 cm³/mol. The molecule has 6 fully saturated rings. The molecule has 2 heteroatoms. The molecule has 0 atom stereocenters. The van der Waals surface area contributed by atoms with Crippen LogP contribution in [0.5, 0.6) is 0 Å². The van der Waals surface area contributed by atoms with Crippen LogP contribution in [0.2, 0.25) is 0 Å². The Kier molecular flexibility index (Phi) is 2.25. The Labute approximate surface area is 127 Å². The Morgan fingerprint density at radius 3 is 2.33 bits per heavy atom. The number of rotatable bonds is 0. The fraction of sp³-hybridized carbons (Fsp3) is 0.579. The summed E-state index contributed by atoms with van der Waals surface area (Å²) in [5.41, 5.74) is 4.20. The van der Waals surface area contributed by atoms with E-state index in [0.717, 1.165) is 6.42 Å². The highest BCUT2D eigenvalue weighted by atomic mass is 15.5. The lowest BCUT2D eigenvalue weighted by Crippen LogP contribution is -2.71. The largest absolute Gasteiger partial charge is 0.268 e. The third kappa shape index (κ3) is 1.40. The first-order valence-electron chi connectivity index (χ1n) is 8.48. The van der Waals surface area contributed by atoms with Crippen LogP contribution in [0.15, 0.2) is 47.6 Å². The van der Waals surface area contributed by atoms with Crippen molar-refractivity contribution in [3.05, 3.63) is 47.6 Å². The molecule has 2 N–H and O–H groups in total. The van der Waals surface area contributed by atoms with E-state index in [2.05, 4.69) is 41.5 Å². The van der Waals surface area contributed by atoms with Crippen LogP contribution in [-0.4, -0.2) is 16.1 Å². The Balaban J connectivity index is 1.67. The summed E-state index contributed by atoms with van der Waals surface area (Å²) >= 11 is 0. The number of allylic oxidation sites excluding steroid dienone is 7. The molecule has 21 heavy (non-hydrogen) atoms. The normalized spacial score (nSPS) is 50.7. The maximum Gasteiger partial charge on any atom is 0.0398 e. The quantitative estimate of drug-likeness (QED) is 0.684. The second-order valence-electron chi connectivity index (χ2n) is 8.02. The van der Waals surface area contributed by atoms with E-state index >= 15 is 0 Å². The number of hydrogen-bond acceptors (Lipinski definition) is 2. The van der Waals surface area contributed by atoms with Crippen molar-refractivity contribution >= 4 is 0 Å². The van der Waals surface area contributed by atoms with Gasteiger partial charge in [0.2, 0.25) is 0 Å². The Morgan fingerprint density at radius 2 is 1.62 bits per heavy atom. The van der Waals surface area contributed by atoms with E-state index < -0.39 is 0 Å². The van der Waals surface area contributed by atoms with Crippen LogP contribution in [0.3, 0.4) is 0 Å². The van der Waals surface area contributed by atoms with Crippen molar-refractivity contribution in [3.63, 3.8) is 0 Å². The lowest BCUT2D eigenvalue weighted by Gasteiger charge is -2.63. The van der Waals surface area contributed by atoms with Crippen LogP contribution < -0.4 is 5.84 Å². The summed E-state index contributed by atoms with van der Waals surface area (Å²) in [5.74, 6) is 6.74. The van der Waals surface area contributed by atoms with Crippen LogP contribution >= 0.6 is 0 Å².